The quantitative estimate of drug-likeness (QED) is 0.230. The Hall–Kier alpha value is -5.80. The molecule has 0 atom stereocenters. The van der Waals surface area contributed by atoms with Crippen LogP contribution in [0.2, 0.25) is 0 Å². The van der Waals surface area contributed by atoms with Crippen molar-refractivity contribution in [3.05, 3.63) is 99.9 Å². The summed E-state index contributed by atoms with van der Waals surface area (Å²) in [5.74, 6) is -0.356. The van der Waals surface area contributed by atoms with Crippen LogP contribution in [0.5, 0.6) is 0 Å². The second-order valence-electron chi connectivity index (χ2n) is 12.4. The summed E-state index contributed by atoms with van der Waals surface area (Å²) >= 11 is 0. The maximum atomic E-state index is 14.0. The number of nitrogens with two attached hydrogens (primary N) is 2. The van der Waals surface area contributed by atoms with Gasteiger partial charge in [0.15, 0.2) is 5.82 Å². The molecule has 4 heterocycles. The highest BCUT2D eigenvalue weighted by atomic mass is 16.5. The molecule has 12 heteroatoms. The van der Waals surface area contributed by atoms with E-state index in [0.717, 1.165) is 29.7 Å². The Balaban J connectivity index is 1.45. The Labute approximate surface area is 283 Å². The van der Waals surface area contributed by atoms with E-state index in [1.54, 1.807) is 36.4 Å². The molecule has 4 N–H and O–H groups in total. The number of rotatable bonds is 9. The molecular formula is C37H38N8O4. The Morgan fingerprint density at radius 2 is 1.73 bits per heavy atom. The number of ether oxygens (including phenoxy) is 1. The zero-order valence-electron chi connectivity index (χ0n) is 27.7. The van der Waals surface area contributed by atoms with Crippen molar-refractivity contribution in [3.63, 3.8) is 0 Å². The molecule has 2 amide bonds. The highest BCUT2D eigenvalue weighted by Crippen LogP contribution is 2.38. The largest absolute Gasteiger partial charge is 0.382 e. The number of hydrogen-bond donors (Lipinski definition) is 2. The minimum Gasteiger partial charge on any atom is -0.382 e. The molecule has 0 unspecified atom stereocenters. The molecule has 6 rings (SSSR count). The fourth-order valence-electron chi connectivity index (χ4n) is 6.73. The molecule has 5 aromatic rings. The van der Waals surface area contributed by atoms with E-state index >= 15 is 0 Å². The Kier molecular flexibility index (Phi) is 9.29. The number of primary amides is 1. The van der Waals surface area contributed by atoms with Crippen molar-refractivity contribution < 1.29 is 14.3 Å². The number of nitrogens with zero attached hydrogens (tertiary/aromatic N) is 6. The first-order valence-corrected chi connectivity index (χ1v) is 16.3. The number of anilines is 1. The van der Waals surface area contributed by atoms with Gasteiger partial charge in [-0.3, -0.25) is 19.0 Å². The topological polar surface area (TPSA) is 175 Å². The van der Waals surface area contributed by atoms with Gasteiger partial charge in [-0.2, -0.15) is 10.4 Å². The molecule has 0 bridgehead atoms. The summed E-state index contributed by atoms with van der Waals surface area (Å²) < 4.78 is 8.87. The summed E-state index contributed by atoms with van der Waals surface area (Å²) in [6, 6.07) is 20.3. The van der Waals surface area contributed by atoms with E-state index in [4.69, 9.17) is 16.2 Å². The van der Waals surface area contributed by atoms with Crippen LogP contribution in [0.3, 0.4) is 0 Å². The summed E-state index contributed by atoms with van der Waals surface area (Å²) in [6.45, 7) is 7.30. The van der Waals surface area contributed by atoms with Crippen molar-refractivity contribution in [2.45, 2.75) is 46.1 Å². The highest BCUT2D eigenvalue weighted by Gasteiger charge is 2.30. The number of nitriles is 1. The normalized spacial score (nSPS) is 13.6. The smallest absolute Gasteiger partial charge is 0.268 e. The second-order valence-corrected chi connectivity index (χ2v) is 12.4. The van der Waals surface area contributed by atoms with Crippen molar-refractivity contribution in [2.24, 2.45) is 11.7 Å². The van der Waals surface area contributed by atoms with Gasteiger partial charge >= 0.3 is 0 Å². The molecule has 2 aromatic carbocycles. The van der Waals surface area contributed by atoms with Gasteiger partial charge in [0.05, 0.1) is 17.9 Å². The van der Waals surface area contributed by atoms with E-state index in [2.05, 4.69) is 22.2 Å². The molecule has 49 heavy (non-hydrogen) atoms. The number of hydrogen-bond acceptors (Lipinski definition) is 8. The van der Waals surface area contributed by atoms with Gasteiger partial charge < -0.3 is 21.1 Å². The fourth-order valence-corrected chi connectivity index (χ4v) is 6.73. The number of amides is 2. The standard InChI is InChI=1S/C37H38N8O4/c1-4-49-20-30-28(19-38)31(32(35(40)46)37(48)44(30)26-8-6-5-7-9-26)25-12-10-23(11-13-25)27-18-29(45-33(27)34(39)41-21-42-45)24-14-16-43(17-15-24)36(47)22(2)3/h5-13,18,21-22,24H,4,14-17,20H2,1-3H3,(H2,40,46)(H2,39,41,42). The van der Waals surface area contributed by atoms with Crippen molar-refractivity contribution in [1.82, 2.24) is 24.1 Å². The third-order valence-corrected chi connectivity index (χ3v) is 9.10. The van der Waals surface area contributed by atoms with Crippen LogP contribution in [0, 0.1) is 17.2 Å². The lowest BCUT2D eigenvalue weighted by Crippen LogP contribution is -2.40. The molecule has 12 nitrogen and oxygen atoms in total. The number of piperidine rings is 1. The van der Waals surface area contributed by atoms with Gasteiger partial charge in [-0.1, -0.05) is 56.3 Å². The predicted molar refractivity (Wildman–Crippen MR) is 186 cm³/mol. The average Bonchev–Trinajstić information content (AvgIpc) is 3.51. The maximum absolute atomic E-state index is 14.0. The van der Waals surface area contributed by atoms with E-state index in [1.165, 1.54) is 10.9 Å². The first-order chi connectivity index (χ1) is 23.7. The van der Waals surface area contributed by atoms with Crippen LogP contribution in [0.25, 0.3) is 33.5 Å². The van der Waals surface area contributed by atoms with E-state index in [1.807, 2.05) is 48.4 Å². The van der Waals surface area contributed by atoms with Crippen LogP contribution in [0.1, 0.15) is 66.8 Å². The lowest BCUT2D eigenvalue weighted by atomic mass is 9.91. The first kappa shape index (κ1) is 33.1. The fraction of sp³-hybridized carbons (Fsp3) is 0.297. The van der Waals surface area contributed by atoms with Crippen LogP contribution in [0.4, 0.5) is 5.82 Å². The van der Waals surface area contributed by atoms with Crippen molar-refractivity contribution in [3.8, 4) is 34.0 Å². The summed E-state index contributed by atoms with van der Waals surface area (Å²) in [7, 11) is 0. The third kappa shape index (κ3) is 6.05. The van der Waals surface area contributed by atoms with E-state index in [9.17, 15) is 19.6 Å². The lowest BCUT2D eigenvalue weighted by Gasteiger charge is -2.33. The van der Waals surface area contributed by atoms with Gasteiger partial charge in [0.25, 0.3) is 11.5 Å². The minimum absolute atomic E-state index is 0.0308. The van der Waals surface area contributed by atoms with Crippen molar-refractivity contribution >= 4 is 23.1 Å². The molecule has 1 aliphatic heterocycles. The molecule has 0 radical (unpaired) electrons. The monoisotopic (exact) mass is 658 g/mol. The number of likely N-dealkylation sites (tertiary alicyclic amines) is 1. The summed E-state index contributed by atoms with van der Waals surface area (Å²) in [5.41, 5.74) is 16.1. The summed E-state index contributed by atoms with van der Waals surface area (Å²) in [5, 5.41) is 15.0. The molecule has 0 aliphatic carbocycles. The molecule has 0 saturated carbocycles. The molecule has 3 aromatic heterocycles. The Morgan fingerprint density at radius 3 is 2.35 bits per heavy atom. The SMILES string of the molecule is CCOCc1c(C#N)c(-c2ccc(-c3cc(C4CCN(C(=O)C(C)C)CC4)n4ncnc(N)c34)cc2)c(C(N)=O)c(=O)n1-c1ccccc1. The van der Waals surface area contributed by atoms with Crippen molar-refractivity contribution in [1.29, 1.82) is 5.26 Å². The zero-order chi connectivity index (χ0) is 34.8. The molecular weight excluding hydrogens is 620 g/mol. The summed E-state index contributed by atoms with van der Waals surface area (Å²) in [6.07, 6.45) is 3.01. The molecule has 250 valence electrons. The number of carbonyl (C=O) groups excluding carboxylic acids is 2. The number of fused-ring (bicyclic) bond motifs is 1. The second kappa shape index (κ2) is 13.7. The maximum Gasteiger partial charge on any atom is 0.268 e. The average molecular weight is 659 g/mol. The van der Waals surface area contributed by atoms with Crippen LogP contribution in [-0.4, -0.2) is 55.6 Å². The molecule has 1 aliphatic rings. The van der Waals surface area contributed by atoms with Crippen LogP contribution in [-0.2, 0) is 16.1 Å². The van der Waals surface area contributed by atoms with Gasteiger partial charge in [-0.05, 0) is 49.1 Å². The van der Waals surface area contributed by atoms with Gasteiger partial charge in [0.1, 0.15) is 23.5 Å². The van der Waals surface area contributed by atoms with Crippen LogP contribution in [0.15, 0.2) is 71.8 Å². The van der Waals surface area contributed by atoms with Gasteiger partial charge in [0.2, 0.25) is 5.91 Å². The van der Waals surface area contributed by atoms with E-state index < -0.39 is 11.5 Å². The number of benzene rings is 2. The minimum atomic E-state index is -0.942. The zero-order valence-corrected chi connectivity index (χ0v) is 27.7. The van der Waals surface area contributed by atoms with E-state index in [-0.39, 0.29) is 41.0 Å². The number of carbonyl (C=O) groups is 2. The molecule has 1 fully saturated rings. The Bertz CT molecular complexity index is 2140. The van der Waals surface area contributed by atoms with E-state index in [0.29, 0.717) is 48.0 Å². The summed E-state index contributed by atoms with van der Waals surface area (Å²) in [4.78, 5) is 45.7. The third-order valence-electron chi connectivity index (χ3n) is 9.10. The number of pyridine rings is 1. The van der Waals surface area contributed by atoms with Gasteiger partial charge in [0, 0.05) is 54.0 Å². The lowest BCUT2D eigenvalue weighted by molar-refractivity contribution is -0.135. The number of para-hydroxylation sites is 1. The van der Waals surface area contributed by atoms with Crippen molar-refractivity contribution in [2.75, 3.05) is 25.4 Å². The molecule has 0 spiro atoms. The number of nitrogen functional groups attached to an aromatic ring is 1. The van der Waals surface area contributed by atoms with Crippen LogP contribution < -0.4 is 17.0 Å². The number of aromatic nitrogens is 4. The first-order valence-electron chi connectivity index (χ1n) is 16.3. The van der Waals surface area contributed by atoms with Gasteiger partial charge in [-0.25, -0.2) is 9.50 Å². The van der Waals surface area contributed by atoms with Gasteiger partial charge in [-0.15, -0.1) is 0 Å². The van der Waals surface area contributed by atoms with Crippen LogP contribution >= 0.6 is 0 Å². The predicted octanol–water partition coefficient (Wildman–Crippen LogP) is 4.67. The highest BCUT2D eigenvalue weighted by molar-refractivity contribution is 6.01. The molecule has 1 saturated heterocycles. The Morgan fingerprint density at radius 1 is 1.06 bits per heavy atom.